The Balaban J connectivity index is 2.73. The number of benzene rings is 1. The lowest BCUT2D eigenvalue weighted by atomic mass is 9.99. The monoisotopic (exact) mass is 221 g/mol. The van der Waals surface area contributed by atoms with Crippen LogP contribution in [0.25, 0.3) is 0 Å². The SMILES string of the molecule is CCCOCC(NC)c1cc(C)ccc1C. The minimum absolute atomic E-state index is 0.298. The van der Waals surface area contributed by atoms with Crippen molar-refractivity contribution in [1.29, 1.82) is 0 Å². The van der Waals surface area contributed by atoms with Gasteiger partial charge in [0.2, 0.25) is 0 Å². The Morgan fingerprint density at radius 3 is 2.69 bits per heavy atom. The summed E-state index contributed by atoms with van der Waals surface area (Å²) in [5, 5.41) is 3.32. The molecule has 0 heterocycles. The molecule has 1 aromatic carbocycles. The van der Waals surface area contributed by atoms with Crippen LogP contribution < -0.4 is 5.32 Å². The van der Waals surface area contributed by atoms with Crippen LogP contribution in [0.15, 0.2) is 18.2 Å². The van der Waals surface area contributed by atoms with E-state index in [1.165, 1.54) is 16.7 Å². The van der Waals surface area contributed by atoms with Crippen LogP contribution in [0.4, 0.5) is 0 Å². The molecule has 0 aliphatic rings. The Morgan fingerprint density at radius 1 is 1.31 bits per heavy atom. The topological polar surface area (TPSA) is 21.3 Å². The molecule has 2 nitrogen and oxygen atoms in total. The molecular formula is C14H23NO. The molecule has 2 heteroatoms. The average Bonchev–Trinajstić information content (AvgIpc) is 2.28. The van der Waals surface area contributed by atoms with Crippen molar-refractivity contribution < 1.29 is 4.74 Å². The number of hydrogen-bond donors (Lipinski definition) is 1. The van der Waals surface area contributed by atoms with E-state index in [9.17, 15) is 0 Å². The molecule has 0 aromatic heterocycles. The van der Waals surface area contributed by atoms with Gasteiger partial charge < -0.3 is 10.1 Å². The largest absolute Gasteiger partial charge is 0.379 e. The zero-order chi connectivity index (χ0) is 12.0. The quantitative estimate of drug-likeness (QED) is 0.746. The summed E-state index contributed by atoms with van der Waals surface area (Å²) in [6.07, 6.45) is 1.07. The Kier molecular flexibility index (Phi) is 5.50. The highest BCUT2D eigenvalue weighted by Gasteiger charge is 2.11. The zero-order valence-corrected chi connectivity index (χ0v) is 10.8. The van der Waals surface area contributed by atoms with Gasteiger partial charge in [0, 0.05) is 6.61 Å². The van der Waals surface area contributed by atoms with Gasteiger partial charge in [0.15, 0.2) is 0 Å². The Hall–Kier alpha value is -0.860. The summed E-state index contributed by atoms with van der Waals surface area (Å²) in [7, 11) is 1.99. The number of aryl methyl sites for hydroxylation is 2. The summed E-state index contributed by atoms with van der Waals surface area (Å²) in [6, 6.07) is 6.87. The predicted octanol–water partition coefficient (Wildman–Crippen LogP) is 2.99. The average molecular weight is 221 g/mol. The third kappa shape index (κ3) is 3.62. The summed E-state index contributed by atoms with van der Waals surface area (Å²) in [4.78, 5) is 0. The van der Waals surface area contributed by atoms with Crippen molar-refractivity contribution in [2.24, 2.45) is 0 Å². The number of hydrogen-bond acceptors (Lipinski definition) is 2. The second kappa shape index (κ2) is 6.66. The molecule has 0 bridgehead atoms. The zero-order valence-electron chi connectivity index (χ0n) is 10.8. The first-order valence-electron chi connectivity index (χ1n) is 6.01. The van der Waals surface area contributed by atoms with Crippen LogP contribution >= 0.6 is 0 Å². The maximum absolute atomic E-state index is 5.62. The molecule has 1 aromatic rings. The standard InChI is InChI=1S/C14H23NO/c1-5-8-16-10-14(15-4)13-9-11(2)6-7-12(13)3/h6-7,9,14-15H,5,8,10H2,1-4H3. The minimum Gasteiger partial charge on any atom is -0.379 e. The Labute approximate surface area is 99.0 Å². The van der Waals surface area contributed by atoms with Gasteiger partial charge in [-0.15, -0.1) is 0 Å². The lowest BCUT2D eigenvalue weighted by Gasteiger charge is -2.19. The van der Waals surface area contributed by atoms with E-state index < -0.39 is 0 Å². The van der Waals surface area contributed by atoms with Crippen molar-refractivity contribution in [3.05, 3.63) is 34.9 Å². The molecular weight excluding hydrogens is 198 g/mol. The highest BCUT2D eigenvalue weighted by Crippen LogP contribution is 2.19. The molecule has 0 saturated heterocycles. The fourth-order valence-corrected chi connectivity index (χ4v) is 1.81. The second-order valence-corrected chi connectivity index (χ2v) is 4.28. The first-order chi connectivity index (χ1) is 7.69. The van der Waals surface area contributed by atoms with E-state index in [2.05, 4.69) is 44.3 Å². The highest BCUT2D eigenvalue weighted by molar-refractivity contribution is 5.33. The lowest BCUT2D eigenvalue weighted by molar-refractivity contribution is 0.114. The maximum Gasteiger partial charge on any atom is 0.0661 e. The fourth-order valence-electron chi connectivity index (χ4n) is 1.81. The van der Waals surface area contributed by atoms with Crippen molar-refractivity contribution in [2.75, 3.05) is 20.3 Å². The van der Waals surface area contributed by atoms with Gasteiger partial charge in [0.1, 0.15) is 0 Å². The molecule has 0 spiro atoms. The van der Waals surface area contributed by atoms with Crippen LogP contribution in [0.2, 0.25) is 0 Å². The molecule has 0 saturated carbocycles. The summed E-state index contributed by atoms with van der Waals surface area (Å²) < 4.78 is 5.62. The third-order valence-electron chi connectivity index (χ3n) is 2.79. The smallest absolute Gasteiger partial charge is 0.0661 e. The van der Waals surface area contributed by atoms with E-state index in [0.717, 1.165) is 19.6 Å². The molecule has 0 amide bonds. The molecule has 1 N–H and O–H groups in total. The predicted molar refractivity (Wildman–Crippen MR) is 68.8 cm³/mol. The molecule has 1 rings (SSSR count). The van der Waals surface area contributed by atoms with Crippen molar-refractivity contribution in [1.82, 2.24) is 5.32 Å². The van der Waals surface area contributed by atoms with E-state index in [-0.39, 0.29) is 0 Å². The van der Waals surface area contributed by atoms with Crippen molar-refractivity contribution in [3.8, 4) is 0 Å². The van der Waals surface area contributed by atoms with E-state index in [1.54, 1.807) is 0 Å². The molecule has 0 radical (unpaired) electrons. The van der Waals surface area contributed by atoms with Crippen LogP contribution in [-0.4, -0.2) is 20.3 Å². The molecule has 1 atom stereocenters. The fraction of sp³-hybridized carbons (Fsp3) is 0.571. The number of nitrogens with one attached hydrogen (secondary N) is 1. The third-order valence-corrected chi connectivity index (χ3v) is 2.79. The van der Waals surface area contributed by atoms with Gasteiger partial charge in [-0.05, 0) is 38.4 Å². The first kappa shape index (κ1) is 13.2. The van der Waals surface area contributed by atoms with Crippen molar-refractivity contribution in [2.45, 2.75) is 33.2 Å². The summed E-state index contributed by atoms with van der Waals surface area (Å²) in [5.74, 6) is 0. The van der Waals surface area contributed by atoms with E-state index >= 15 is 0 Å². The highest BCUT2D eigenvalue weighted by atomic mass is 16.5. The number of rotatable bonds is 6. The van der Waals surface area contributed by atoms with Gasteiger partial charge in [-0.3, -0.25) is 0 Å². The Bertz CT molecular complexity index is 323. The van der Waals surface area contributed by atoms with Gasteiger partial charge >= 0.3 is 0 Å². The van der Waals surface area contributed by atoms with E-state index in [4.69, 9.17) is 4.74 Å². The first-order valence-corrected chi connectivity index (χ1v) is 6.01. The minimum atomic E-state index is 0.298. The normalized spacial score (nSPS) is 12.8. The van der Waals surface area contributed by atoms with Gasteiger partial charge in [-0.25, -0.2) is 0 Å². The van der Waals surface area contributed by atoms with Crippen molar-refractivity contribution >= 4 is 0 Å². The second-order valence-electron chi connectivity index (χ2n) is 4.28. The van der Waals surface area contributed by atoms with Crippen LogP contribution in [0.5, 0.6) is 0 Å². The van der Waals surface area contributed by atoms with Crippen LogP contribution in [0, 0.1) is 13.8 Å². The van der Waals surface area contributed by atoms with E-state index in [0.29, 0.717) is 6.04 Å². The van der Waals surface area contributed by atoms with Gasteiger partial charge in [0.05, 0.1) is 12.6 Å². The molecule has 16 heavy (non-hydrogen) atoms. The van der Waals surface area contributed by atoms with Gasteiger partial charge in [-0.1, -0.05) is 30.7 Å². The molecule has 90 valence electrons. The summed E-state index contributed by atoms with van der Waals surface area (Å²) >= 11 is 0. The molecule has 0 fully saturated rings. The Morgan fingerprint density at radius 2 is 2.06 bits per heavy atom. The summed E-state index contributed by atoms with van der Waals surface area (Å²) in [5.41, 5.74) is 3.97. The maximum atomic E-state index is 5.62. The lowest BCUT2D eigenvalue weighted by Crippen LogP contribution is -2.23. The summed E-state index contributed by atoms with van der Waals surface area (Å²) in [6.45, 7) is 7.99. The van der Waals surface area contributed by atoms with Crippen molar-refractivity contribution in [3.63, 3.8) is 0 Å². The number of likely N-dealkylation sites (N-methyl/N-ethyl adjacent to an activating group) is 1. The molecule has 0 aliphatic carbocycles. The van der Waals surface area contributed by atoms with Crippen LogP contribution in [-0.2, 0) is 4.74 Å². The van der Waals surface area contributed by atoms with E-state index in [1.807, 2.05) is 7.05 Å². The van der Waals surface area contributed by atoms with Crippen LogP contribution in [0.1, 0.15) is 36.1 Å². The molecule has 0 aliphatic heterocycles. The molecule has 1 unspecified atom stereocenters. The van der Waals surface area contributed by atoms with Gasteiger partial charge in [-0.2, -0.15) is 0 Å². The number of ether oxygens (including phenoxy) is 1. The van der Waals surface area contributed by atoms with Crippen LogP contribution in [0.3, 0.4) is 0 Å². The van der Waals surface area contributed by atoms with Gasteiger partial charge in [0.25, 0.3) is 0 Å².